The van der Waals surface area contributed by atoms with Crippen LogP contribution in [0.25, 0.3) is 0 Å². The van der Waals surface area contributed by atoms with Gasteiger partial charge >= 0.3 is 0 Å². The van der Waals surface area contributed by atoms with Crippen LogP contribution in [-0.4, -0.2) is 137 Å². The smallest absolute Gasteiger partial charge is 0.243 e. The lowest BCUT2D eigenvalue weighted by Crippen LogP contribution is -2.61. The van der Waals surface area contributed by atoms with Gasteiger partial charge in [-0.1, -0.05) is 70.9 Å². The second-order valence-electron chi connectivity index (χ2n) is 18.4. The molecule has 1 aromatic carbocycles. The number of nitrogens with two attached hydrogens (primary N) is 7. The summed E-state index contributed by atoms with van der Waals surface area (Å²) in [6.45, 7) is 8.98. The van der Waals surface area contributed by atoms with Crippen LogP contribution < -0.4 is 77.4 Å². The SMILES string of the molecule is CC[C@H](C)[C@H](NC(=O)[C@H](CCCN=C(N)N)NC(=O)[C@H](CCCN=C(N)N)NC(=O)[C@H](CCCCN)NC(=O)[C@H](C)NC(=O)[C@@H](N)Cc1cnc[nH]1)C(=O)N[C@H](C(=O)N[C@@H](Cc1ccccc1)C(N)=O)[C@@H](C)CC. The summed E-state index contributed by atoms with van der Waals surface area (Å²) < 4.78 is 0. The molecule has 0 spiro atoms. The van der Waals surface area contributed by atoms with Crippen LogP contribution in [0.1, 0.15) is 104 Å². The van der Waals surface area contributed by atoms with E-state index >= 15 is 0 Å². The molecule has 26 nitrogen and oxygen atoms in total. The first-order chi connectivity index (χ1) is 35.1. The third-order valence-electron chi connectivity index (χ3n) is 12.3. The lowest BCUT2D eigenvalue weighted by molar-refractivity contribution is -0.136. The third-order valence-corrected chi connectivity index (χ3v) is 12.3. The van der Waals surface area contributed by atoms with E-state index in [1.54, 1.807) is 38.1 Å². The van der Waals surface area contributed by atoms with E-state index in [1.807, 2.05) is 19.9 Å². The van der Waals surface area contributed by atoms with Crippen molar-refractivity contribution in [3.05, 3.63) is 54.1 Å². The Kier molecular flexibility index (Phi) is 28.3. The number of primary amides is 1. The second-order valence-corrected chi connectivity index (χ2v) is 18.4. The van der Waals surface area contributed by atoms with Gasteiger partial charge in [0.1, 0.15) is 42.3 Å². The van der Waals surface area contributed by atoms with Crippen molar-refractivity contribution in [2.24, 2.45) is 62.0 Å². The summed E-state index contributed by atoms with van der Waals surface area (Å²) in [4.78, 5) is 125. The topological polar surface area (TPSA) is 456 Å². The van der Waals surface area contributed by atoms with Gasteiger partial charge in [0.2, 0.25) is 47.3 Å². The molecule has 26 heteroatoms. The fourth-order valence-electron chi connectivity index (χ4n) is 7.49. The Labute approximate surface area is 432 Å². The first-order valence-electron chi connectivity index (χ1n) is 25.1. The minimum absolute atomic E-state index is 0.0419. The molecule has 10 atom stereocenters. The molecule has 2 aromatic rings. The highest BCUT2D eigenvalue weighted by atomic mass is 16.2. The quantitative estimate of drug-likeness (QED) is 0.0183. The molecule has 1 aromatic heterocycles. The van der Waals surface area contributed by atoms with E-state index in [0.717, 1.165) is 5.56 Å². The van der Waals surface area contributed by atoms with Gasteiger partial charge in [-0.2, -0.15) is 0 Å². The van der Waals surface area contributed by atoms with Crippen LogP contribution in [0.15, 0.2) is 52.8 Å². The van der Waals surface area contributed by atoms with Gasteiger partial charge in [-0.3, -0.25) is 48.3 Å². The molecular weight excluding hydrogens is 957 g/mol. The Hall–Kier alpha value is -7.35. The van der Waals surface area contributed by atoms with E-state index in [9.17, 15) is 38.4 Å². The van der Waals surface area contributed by atoms with Crippen molar-refractivity contribution in [2.75, 3.05) is 19.6 Å². The van der Waals surface area contributed by atoms with E-state index in [4.69, 9.17) is 40.1 Å². The van der Waals surface area contributed by atoms with E-state index < -0.39 is 107 Å². The van der Waals surface area contributed by atoms with Gasteiger partial charge in [0.15, 0.2) is 11.9 Å². The number of unbranched alkanes of at least 4 members (excludes halogenated alkanes) is 1. The van der Waals surface area contributed by atoms with Gasteiger partial charge in [0, 0.05) is 37.8 Å². The van der Waals surface area contributed by atoms with Crippen molar-refractivity contribution >= 4 is 59.2 Å². The first kappa shape index (κ1) is 62.8. The van der Waals surface area contributed by atoms with Gasteiger partial charge < -0.3 is 82.3 Å². The third kappa shape index (κ3) is 23.0. The maximum atomic E-state index is 14.4. The maximum absolute atomic E-state index is 14.4. The number of aromatic nitrogens is 2. The normalized spacial score (nSPS) is 15.1. The maximum Gasteiger partial charge on any atom is 0.243 e. The van der Waals surface area contributed by atoms with Crippen molar-refractivity contribution in [3.63, 3.8) is 0 Å². The Bertz CT molecular complexity index is 2150. The number of guanidine groups is 2. The summed E-state index contributed by atoms with van der Waals surface area (Å²) in [5, 5.41) is 18.9. The largest absolute Gasteiger partial charge is 0.370 e. The Morgan fingerprint density at radius 2 is 1.03 bits per heavy atom. The molecule has 22 N–H and O–H groups in total. The highest BCUT2D eigenvalue weighted by Gasteiger charge is 2.36. The number of aliphatic imine (C=N–C) groups is 2. The molecule has 2 rings (SSSR count). The number of hydrogen-bond acceptors (Lipinski definition) is 13. The monoisotopic (exact) mass is 1040 g/mol. The molecule has 8 amide bonds. The van der Waals surface area contributed by atoms with Crippen LogP contribution in [-0.2, 0) is 51.2 Å². The zero-order valence-corrected chi connectivity index (χ0v) is 43.4. The number of nitrogens with one attached hydrogen (secondary N) is 8. The molecule has 412 valence electrons. The number of carbonyl (C=O) groups excluding carboxylic acids is 8. The zero-order valence-electron chi connectivity index (χ0n) is 43.4. The van der Waals surface area contributed by atoms with Crippen molar-refractivity contribution in [3.8, 4) is 0 Å². The molecule has 0 bridgehead atoms. The molecule has 0 aliphatic heterocycles. The Morgan fingerprint density at radius 3 is 1.49 bits per heavy atom. The molecule has 0 aliphatic carbocycles. The summed E-state index contributed by atoms with van der Waals surface area (Å²) in [7, 11) is 0. The minimum atomic E-state index is -1.33. The fourth-order valence-corrected chi connectivity index (χ4v) is 7.49. The number of benzene rings is 1. The predicted molar refractivity (Wildman–Crippen MR) is 280 cm³/mol. The fraction of sp³-hybridized carbons (Fsp3) is 0.604. The Balaban J connectivity index is 2.43. The zero-order chi connectivity index (χ0) is 55.3. The summed E-state index contributed by atoms with van der Waals surface area (Å²) in [5.41, 5.74) is 41.0. The summed E-state index contributed by atoms with van der Waals surface area (Å²) >= 11 is 0. The molecule has 1 heterocycles. The number of amides is 8. The summed E-state index contributed by atoms with van der Waals surface area (Å²) in [6.07, 6.45) is 5.33. The molecular formula is C48H82N18O8. The van der Waals surface area contributed by atoms with Crippen molar-refractivity contribution in [1.29, 1.82) is 0 Å². The lowest BCUT2D eigenvalue weighted by Gasteiger charge is -2.31. The molecule has 0 saturated heterocycles. The van der Waals surface area contributed by atoms with E-state index in [2.05, 4.69) is 57.2 Å². The average Bonchev–Trinajstić information content (AvgIpc) is 3.88. The predicted octanol–water partition coefficient (Wildman–Crippen LogP) is -3.25. The standard InChI is InChI=1S/C48H82N18O8/c1-6-27(3)37(45(73)64-36(39(51)67)23-30-15-9-8-10-16-30)66-46(74)38(28(4)7-2)65-44(72)35(19-14-22-58-48(54)55)63-43(71)34(18-13-21-57-47(52)53)62-42(70)33(17-11-12-20-49)61-40(68)29(5)60-41(69)32(50)24-31-25-56-26-59-31/h8-10,15-16,25-29,32-38H,6-7,11-14,17-24,49-50H2,1-5H3,(H2,51,67)(H,56,59)(H,60,69)(H,61,68)(H,62,70)(H,63,71)(H,64,73)(H,65,72)(H,66,74)(H4,52,53,57)(H4,54,55,58)/t27-,28-,29-,32-,33-,34-,35-,36-,37-,38-/m0/s1. The number of H-pyrrole nitrogens is 1. The molecule has 0 saturated carbocycles. The number of nitrogens with zero attached hydrogens (tertiary/aromatic N) is 3. The number of rotatable bonds is 35. The van der Waals surface area contributed by atoms with Crippen molar-refractivity contribution in [2.45, 2.75) is 154 Å². The molecule has 74 heavy (non-hydrogen) atoms. The number of aromatic amines is 1. The van der Waals surface area contributed by atoms with Gasteiger partial charge in [-0.25, -0.2) is 4.98 Å². The Morgan fingerprint density at radius 1 is 0.568 bits per heavy atom. The highest BCUT2D eigenvalue weighted by molar-refractivity contribution is 5.98. The summed E-state index contributed by atoms with van der Waals surface area (Å²) in [6, 6.07) is -0.509. The van der Waals surface area contributed by atoms with Crippen LogP contribution in [0, 0.1) is 11.8 Å². The van der Waals surface area contributed by atoms with E-state index in [-0.39, 0.29) is 70.0 Å². The number of hydrogen-bond donors (Lipinski definition) is 15. The van der Waals surface area contributed by atoms with Gasteiger partial charge in [-0.05, 0) is 75.8 Å². The average molecular weight is 1040 g/mol. The van der Waals surface area contributed by atoms with Gasteiger partial charge in [0.25, 0.3) is 0 Å². The van der Waals surface area contributed by atoms with Crippen LogP contribution in [0.2, 0.25) is 0 Å². The number of imidazole rings is 1. The first-order valence-corrected chi connectivity index (χ1v) is 25.1. The second kappa shape index (κ2) is 33.4. The van der Waals surface area contributed by atoms with Crippen LogP contribution in [0.5, 0.6) is 0 Å². The van der Waals surface area contributed by atoms with Crippen LogP contribution >= 0.6 is 0 Å². The van der Waals surface area contributed by atoms with Crippen LogP contribution in [0.3, 0.4) is 0 Å². The lowest BCUT2D eigenvalue weighted by atomic mass is 9.94. The number of carbonyl (C=O) groups is 8. The molecule has 0 aliphatic rings. The van der Waals surface area contributed by atoms with Crippen molar-refractivity contribution < 1.29 is 38.4 Å². The van der Waals surface area contributed by atoms with E-state index in [0.29, 0.717) is 37.9 Å². The minimum Gasteiger partial charge on any atom is -0.370 e. The van der Waals surface area contributed by atoms with E-state index in [1.165, 1.54) is 19.4 Å². The molecule has 0 radical (unpaired) electrons. The highest BCUT2D eigenvalue weighted by Crippen LogP contribution is 2.15. The van der Waals surface area contributed by atoms with Crippen LogP contribution in [0.4, 0.5) is 0 Å². The molecule has 0 fully saturated rings. The van der Waals surface area contributed by atoms with Gasteiger partial charge in [0.05, 0.1) is 12.4 Å². The summed E-state index contributed by atoms with van der Waals surface area (Å²) in [5.74, 6) is -7.11. The molecule has 0 unspecified atom stereocenters. The van der Waals surface area contributed by atoms with Gasteiger partial charge in [-0.15, -0.1) is 0 Å². The van der Waals surface area contributed by atoms with Crippen molar-refractivity contribution in [1.82, 2.24) is 47.2 Å².